The maximum atomic E-state index is 13.4. The van der Waals surface area contributed by atoms with Crippen molar-refractivity contribution in [3.8, 4) is 23.0 Å². The first kappa shape index (κ1) is 22.0. The first-order chi connectivity index (χ1) is 15.4. The monoisotopic (exact) mass is 459 g/mol. The van der Waals surface area contributed by atoms with Crippen molar-refractivity contribution in [1.29, 1.82) is 0 Å². The quantitative estimate of drug-likeness (QED) is 0.580. The van der Waals surface area contributed by atoms with Gasteiger partial charge in [-0.3, -0.25) is 0 Å². The number of nitrogens with one attached hydrogen (secondary N) is 1. The molecule has 10 heteroatoms. The lowest BCUT2D eigenvalue weighted by Crippen LogP contribution is -2.31. The molecule has 0 amide bonds. The van der Waals surface area contributed by atoms with Gasteiger partial charge in [0.05, 0.1) is 32.3 Å². The molecule has 0 spiro atoms. The van der Waals surface area contributed by atoms with E-state index in [2.05, 4.69) is 9.71 Å². The standard InChI is InChI=1S/C22H25N3O6S/c1-25-8-7-23-22(25)21(15-11-16(28-2)13-17(12-15)29-3)24-32(26,27)18-5-6-19-20(14-18)31-10-4-9-30-19/h5-8,11-14,21,24H,4,9-10H2,1-3H3/t21-/m0/s1. The lowest BCUT2D eigenvalue weighted by atomic mass is 10.1. The molecule has 1 N–H and O–H groups in total. The first-order valence-corrected chi connectivity index (χ1v) is 11.5. The molecule has 4 rings (SSSR count). The summed E-state index contributed by atoms with van der Waals surface area (Å²) in [6.45, 7) is 0.986. The van der Waals surface area contributed by atoms with Crippen LogP contribution in [0.5, 0.6) is 23.0 Å². The van der Waals surface area contributed by atoms with E-state index in [1.54, 1.807) is 48.3 Å². The van der Waals surface area contributed by atoms with Gasteiger partial charge >= 0.3 is 0 Å². The van der Waals surface area contributed by atoms with Crippen LogP contribution in [0.15, 0.2) is 53.7 Å². The minimum atomic E-state index is -3.96. The first-order valence-electron chi connectivity index (χ1n) is 10.0. The van der Waals surface area contributed by atoms with Crippen molar-refractivity contribution < 1.29 is 27.4 Å². The van der Waals surface area contributed by atoms with Crippen LogP contribution in [-0.4, -0.2) is 45.4 Å². The highest BCUT2D eigenvalue weighted by molar-refractivity contribution is 7.89. The van der Waals surface area contributed by atoms with E-state index >= 15 is 0 Å². The van der Waals surface area contributed by atoms with Crippen molar-refractivity contribution in [2.75, 3.05) is 27.4 Å². The van der Waals surface area contributed by atoms with Crippen LogP contribution >= 0.6 is 0 Å². The number of hydrogen-bond acceptors (Lipinski definition) is 7. The Balaban J connectivity index is 1.75. The molecular formula is C22H25N3O6S. The fourth-order valence-electron chi connectivity index (χ4n) is 3.46. The number of ether oxygens (including phenoxy) is 4. The molecular weight excluding hydrogens is 434 g/mol. The topological polar surface area (TPSA) is 101 Å². The fraction of sp³-hybridized carbons (Fsp3) is 0.318. The summed E-state index contributed by atoms with van der Waals surface area (Å²) in [5.41, 5.74) is 0.619. The number of methoxy groups -OCH3 is 2. The molecule has 0 radical (unpaired) electrons. The third-order valence-electron chi connectivity index (χ3n) is 5.13. The minimum Gasteiger partial charge on any atom is -0.497 e. The van der Waals surface area contributed by atoms with Crippen molar-refractivity contribution in [3.63, 3.8) is 0 Å². The smallest absolute Gasteiger partial charge is 0.241 e. The molecule has 32 heavy (non-hydrogen) atoms. The van der Waals surface area contributed by atoms with Gasteiger partial charge in [0, 0.05) is 38.0 Å². The summed E-state index contributed by atoms with van der Waals surface area (Å²) >= 11 is 0. The number of rotatable bonds is 7. The third-order valence-corrected chi connectivity index (χ3v) is 6.55. The molecule has 9 nitrogen and oxygen atoms in total. The van der Waals surface area contributed by atoms with Crippen LogP contribution in [0.1, 0.15) is 23.9 Å². The largest absolute Gasteiger partial charge is 0.497 e. The second-order valence-electron chi connectivity index (χ2n) is 7.26. The molecule has 1 aliphatic heterocycles. The third kappa shape index (κ3) is 4.51. The zero-order chi connectivity index (χ0) is 22.7. The Kier molecular flexibility index (Phi) is 6.24. The van der Waals surface area contributed by atoms with Gasteiger partial charge in [0.15, 0.2) is 11.5 Å². The molecule has 0 aliphatic carbocycles. The van der Waals surface area contributed by atoms with Gasteiger partial charge in [0.1, 0.15) is 23.4 Å². The zero-order valence-corrected chi connectivity index (χ0v) is 18.9. The molecule has 0 saturated carbocycles. The summed E-state index contributed by atoms with van der Waals surface area (Å²) in [7, 11) is 0.921. The van der Waals surface area contributed by atoms with Crippen molar-refractivity contribution in [3.05, 3.63) is 60.2 Å². The molecule has 170 valence electrons. The van der Waals surface area contributed by atoms with Crippen LogP contribution in [0.4, 0.5) is 0 Å². The van der Waals surface area contributed by atoms with E-state index in [1.807, 2.05) is 0 Å². The summed E-state index contributed by atoms with van der Waals surface area (Å²) in [6, 6.07) is 9.01. The molecule has 1 aliphatic rings. The lowest BCUT2D eigenvalue weighted by molar-refractivity contribution is 0.297. The van der Waals surface area contributed by atoms with E-state index < -0.39 is 16.1 Å². The van der Waals surface area contributed by atoms with Crippen molar-refractivity contribution in [2.45, 2.75) is 17.4 Å². The summed E-state index contributed by atoms with van der Waals surface area (Å²) < 4.78 is 53.3. The fourth-order valence-corrected chi connectivity index (χ4v) is 4.65. The number of nitrogens with zero attached hydrogens (tertiary/aromatic N) is 2. The number of benzene rings is 2. The Morgan fingerprint density at radius 3 is 2.34 bits per heavy atom. The number of aryl methyl sites for hydroxylation is 1. The van der Waals surface area contributed by atoms with Crippen molar-refractivity contribution >= 4 is 10.0 Å². The molecule has 0 fully saturated rings. The van der Waals surface area contributed by atoms with Crippen LogP contribution in [-0.2, 0) is 17.1 Å². The van der Waals surface area contributed by atoms with Gasteiger partial charge < -0.3 is 23.5 Å². The molecule has 2 heterocycles. The average molecular weight is 460 g/mol. The van der Waals surface area contributed by atoms with Crippen LogP contribution in [0.25, 0.3) is 0 Å². The van der Waals surface area contributed by atoms with E-state index in [9.17, 15) is 8.42 Å². The Hall–Kier alpha value is -3.24. The molecule has 2 aromatic carbocycles. The second-order valence-corrected chi connectivity index (χ2v) is 8.97. The Bertz CT molecular complexity index is 1190. The summed E-state index contributed by atoms with van der Waals surface area (Å²) in [5.74, 6) is 2.52. The summed E-state index contributed by atoms with van der Waals surface area (Å²) in [4.78, 5) is 4.44. The molecule has 1 aromatic heterocycles. The SMILES string of the molecule is COc1cc(OC)cc([C@H](NS(=O)(=O)c2ccc3c(c2)OCCCO3)c2nccn2C)c1. The maximum absolute atomic E-state index is 13.4. The van der Waals surface area contributed by atoms with E-state index in [0.717, 1.165) is 6.42 Å². The number of hydrogen-bond donors (Lipinski definition) is 1. The summed E-state index contributed by atoms with van der Waals surface area (Å²) in [6.07, 6.45) is 4.09. The molecule has 0 saturated heterocycles. The van der Waals surface area contributed by atoms with Crippen LogP contribution in [0.2, 0.25) is 0 Å². The minimum absolute atomic E-state index is 0.0656. The van der Waals surface area contributed by atoms with Gasteiger partial charge in [-0.25, -0.2) is 13.4 Å². The van der Waals surface area contributed by atoms with Crippen LogP contribution in [0, 0.1) is 0 Å². The number of sulfonamides is 1. The molecule has 0 unspecified atom stereocenters. The second kappa shape index (κ2) is 9.09. The van der Waals surface area contributed by atoms with Crippen molar-refractivity contribution in [2.24, 2.45) is 7.05 Å². The molecule has 3 aromatic rings. The Labute approximate surface area is 186 Å². The highest BCUT2D eigenvalue weighted by atomic mass is 32.2. The van der Waals surface area contributed by atoms with Gasteiger partial charge in [-0.15, -0.1) is 0 Å². The van der Waals surface area contributed by atoms with E-state index in [0.29, 0.717) is 47.6 Å². The highest BCUT2D eigenvalue weighted by Crippen LogP contribution is 2.34. The number of fused-ring (bicyclic) bond motifs is 1. The number of imidazole rings is 1. The van der Waals surface area contributed by atoms with Gasteiger partial charge in [-0.05, 0) is 29.8 Å². The number of aromatic nitrogens is 2. The van der Waals surface area contributed by atoms with Gasteiger partial charge in [-0.2, -0.15) is 4.72 Å². The van der Waals surface area contributed by atoms with Gasteiger partial charge in [-0.1, -0.05) is 0 Å². The predicted octanol–water partition coefficient (Wildman–Crippen LogP) is 2.67. The van der Waals surface area contributed by atoms with E-state index in [-0.39, 0.29) is 4.90 Å². The average Bonchev–Trinajstić information content (AvgIpc) is 3.08. The maximum Gasteiger partial charge on any atom is 0.241 e. The van der Waals surface area contributed by atoms with E-state index in [1.165, 1.54) is 26.4 Å². The van der Waals surface area contributed by atoms with Crippen molar-refractivity contribution in [1.82, 2.24) is 14.3 Å². The molecule has 0 bridgehead atoms. The van der Waals surface area contributed by atoms with Gasteiger partial charge in [0.25, 0.3) is 0 Å². The summed E-state index contributed by atoms with van der Waals surface area (Å²) in [5, 5.41) is 0. The van der Waals surface area contributed by atoms with Crippen LogP contribution < -0.4 is 23.7 Å². The van der Waals surface area contributed by atoms with Crippen LogP contribution in [0.3, 0.4) is 0 Å². The Morgan fingerprint density at radius 1 is 1.03 bits per heavy atom. The van der Waals surface area contributed by atoms with Gasteiger partial charge in [0.2, 0.25) is 10.0 Å². The molecule has 1 atom stereocenters. The zero-order valence-electron chi connectivity index (χ0n) is 18.1. The Morgan fingerprint density at radius 2 is 1.72 bits per heavy atom. The highest BCUT2D eigenvalue weighted by Gasteiger charge is 2.28. The predicted molar refractivity (Wildman–Crippen MR) is 117 cm³/mol. The van der Waals surface area contributed by atoms with E-state index in [4.69, 9.17) is 18.9 Å². The lowest BCUT2D eigenvalue weighted by Gasteiger charge is -2.21. The normalized spacial score (nSPS) is 14.5.